The molecule has 108 valence electrons. The number of nitrogens with one attached hydrogen (secondary N) is 1. The predicted molar refractivity (Wildman–Crippen MR) is 85.9 cm³/mol. The first-order valence-electron chi connectivity index (χ1n) is 6.72. The number of hydrogen-bond donors (Lipinski definition) is 1. The molecule has 5 nitrogen and oxygen atoms in total. The van der Waals surface area contributed by atoms with Crippen LogP contribution in [0.1, 0.15) is 5.56 Å². The van der Waals surface area contributed by atoms with E-state index in [2.05, 4.69) is 15.1 Å². The zero-order valence-electron chi connectivity index (χ0n) is 11.7. The molecule has 1 N–H and O–H groups in total. The van der Waals surface area contributed by atoms with Crippen LogP contribution in [0, 0.1) is 6.92 Å². The molecule has 0 saturated carbocycles. The highest BCUT2D eigenvalue weighted by Crippen LogP contribution is 2.32. The normalized spacial score (nSPS) is 11.1. The largest absolute Gasteiger partial charge is 0.334 e. The van der Waals surface area contributed by atoms with E-state index in [0.29, 0.717) is 5.89 Å². The molecule has 0 spiro atoms. The quantitative estimate of drug-likeness (QED) is 0.614. The Labute approximate surface area is 129 Å². The molecule has 22 heavy (non-hydrogen) atoms. The number of aromatic amines is 1. The molecule has 0 saturated heterocycles. The van der Waals surface area contributed by atoms with Crippen molar-refractivity contribution in [2.75, 3.05) is 0 Å². The molecular formula is C16H11N3O2S. The Morgan fingerprint density at radius 1 is 1.18 bits per heavy atom. The molecule has 0 aliphatic rings. The van der Waals surface area contributed by atoms with Gasteiger partial charge in [0.1, 0.15) is 0 Å². The van der Waals surface area contributed by atoms with Crippen molar-refractivity contribution in [2.45, 2.75) is 6.92 Å². The van der Waals surface area contributed by atoms with E-state index < -0.39 is 0 Å². The number of thiazole rings is 1. The molecule has 4 aromatic rings. The van der Waals surface area contributed by atoms with Gasteiger partial charge in [-0.2, -0.15) is 4.98 Å². The van der Waals surface area contributed by atoms with Crippen LogP contribution in [0.5, 0.6) is 0 Å². The number of nitrogens with zero attached hydrogens (tertiary/aromatic N) is 2. The van der Waals surface area contributed by atoms with E-state index in [4.69, 9.17) is 4.52 Å². The summed E-state index contributed by atoms with van der Waals surface area (Å²) in [5, 5.41) is 3.66. The van der Waals surface area contributed by atoms with Gasteiger partial charge in [0.2, 0.25) is 0 Å². The second-order valence-electron chi connectivity index (χ2n) is 4.95. The maximum atomic E-state index is 11.4. The van der Waals surface area contributed by atoms with E-state index in [1.54, 1.807) is 0 Å². The Morgan fingerprint density at radius 3 is 2.86 bits per heavy atom. The molecule has 4 rings (SSSR count). The van der Waals surface area contributed by atoms with Crippen LogP contribution in [0.2, 0.25) is 0 Å². The van der Waals surface area contributed by atoms with Crippen LogP contribution >= 0.6 is 11.3 Å². The second kappa shape index (κ2) is 4.92. The minimum absolute atomic E-state index is 0.0384. The standard InChI is InChI=1S/C16H11N3O2S/c1-9-11(3-2-4-12(9)15-17-8-18-21-15)10-5-6-13-14(7-10)22-16(20)19-13/h2-8H,1H3,(H,19,20). The summed E-state index contributed by atoms with van der Waals surface area (Å²) in [6, 6.07) is 11.9. The Morgan fingerprint density at radius 2 is 2.05 bits per heavy atom. The Kier molecular flexibility index (Phi) is 2.90. The minimum Gasteiger partial charge on any atom is -0.334 e. The Hall–Kier alpha value is -2.73. The molecule has 0 unspecified atom stereocenters. The summed E-state index contributed by atoms with van der Waals surface area (Å²) in [5.41, 5.74) is 4.98. The van der Waals surface area contributed by atoms with Crippen LogP contribution in [0.4, 0.5) is 0 Å². The third-order valence-electron chi connectivity index (χ3n) is 3.66. The summed E-state index contributed by atoms with van der Waals surface area (Å²) >= 11 is 1.22. The zero-order chi connectivity index (χ0) is 15.1. The molecule has 0 fully saturated rings. The van der Waals surface area contributed by atoms with Crippen molar-refractivity contribution in [3.8, 4) is 22.6 Å². The summed E-state index contributed by atoms with van der Waals surface area (Å²) in [6.07, 6.45) is 1.39. The lowest BCUT2D eigenvalue weighted by atomic mass is 9.96. The summed E-state index contributed by atoms with van der Waals surface area (Å²) in [7, 11) is 0. The van der Waals surface area contributed by atoms with E-state index in [9.17, 15) is 4.79 Å². The maximum Gasteiger partial charge on any atom is 0.305 e. The smallest absolute Gasteiger partial charge is 0.305 e. The van der Waals surface area contributed by atoms with Crippen molar-refractivity contribution in [1.29, 1.82) is 0 Å². The van der Waals surface area contributed by atoms with Crippen LogP contribution in [0.15, 0.2) is 52.0 Å². The van der Waals surface area contributed by atoms with Gasteiger partial charge in [0, 0.05) is 5.56 Å². The molecule has 6 heteroatoms. The average molecular weight is 309 g/mol. The van der Waals surface area contributed by atoms with Gasteiger partial charge in [-0.3, -0.25) is 4.79 Å². The Bertz CT molecular complexity index is 1020. The zero-order valence-corrected chi connectivity index (χ0v) is 12.5. The lowest BCUT2D eigenvalue weighted by molar-refractivity contribution is 0.430. The number of aromatic nitrogens is 3. The predicted octanol–water partition coefficient (Wildman–Crippen LogP) is 3.62. The highest BCUT2D eigenvalue weighted by atomic mass is 32.1. The summed E-state index contributed by atoms with van der Waals surface area (Å²) in [6.45, 7) is 2.03. The topological polar surface area (TPSA) is 71.8 Å². The van der Waals surface area contributed by atoms with Gasteiger partial charge in [0.15, 0.2) is 6.33 Å². The summed E-state index contributed by atoms with van der Waals surface area (Å²) in [4.78, 5) is 18.3. The fraction of sp³-hybridized carbons (Fsp3) is 0.0625. The van der Waals surface area contributed by atoms with E-state index in [0.717, 1.165) is 32.5 Å². The number of H-pyrrole nitrogens is 1. The summed E-state index contributed by atoms with van der Waals surface area (Å²) < 4.78 is 6.11. The van der Waals surface area contributed by atoms with Crippen molar-refractivity contribution in [2.24, 2.45) is 0 Å². The molecule has 0 amide bonds. The molecule has 2 aromatic heterocycles. The van der Waals surface area contributed by atoms with Gasteiger partial charge in [-0.15, -0.1) is 0 Å². The minimum atomic E-state index is -0.0384. The maximum absolute atomic E-state index is 11.4. The third kappa shape index (κ3) is 2.05. The van der Waals surface area contributed by atoms with Gasteiger partial charge < -0.3 is 9.51 Å². The average Bonchev–Trinajstić information content (AvgIpc) is 3.15. The van der Waals surface area contributed by atoms with Gasteiger partial charge >= 0.3 is 4.87 Å². The third-order valence-corrected chi connectivity index (χ3v) is 4.50. The highest BCUT2D eigenvalue weighted by Gasteiger charge is 2.12. The van der Waals surface area contributed by atoms with Crippen molar-refractivity contribution >= 4 is 21.6 Å². The lowest BCUT2D eigenvalue weighted by Crippen LogP contribution is -1.89. The second-order valence-corrected chi connectivity index (χ2v) is 5.96. The first-order valence-corrected chi connectivity index (χ1v) is 7.54. The van der Waals surface area contributed by atoms with Gasteiger partial charge in [-0.1, -0.05) is 34.7 Å². The van der Waals surface area contributed by atoms with Crippen LogP contribution < -0.4 is 4.87 Å². The van der Waals surface area contributed by atoms with Gasteiger partial charge in [0.25, 0.3) is 5.89 Å². The Balaban J connectivity index is 1.91. The molecule has 0 aliphatic carbocycles. The molecule has 0 radical (unpaired) electrons. The van der Waals surface area contributed by atoms with Crippen molar-refractivity contribution < 1.29 is 4.52 Å². The number of fused-ring (bicyclic) bond motifs is 1. The molecule has 0 atom stereocenters. The molecule has 0 bridgehead atoms. The van der Waals surface area contributed by atoms with E-state index in [-0.39, 0.29) is 4.87 Å². The van der Waals surface area contributed by atoms with Crippen LogP contribution in [-0.2, 0) is 0 Å². The number of hydrogen-bond acceptors (Lipinski definition) is 5. The van der Waals surface area contributed by atoms with Crippen LogP contribution in [0.3, 0.4) is 0 Å². The lowest BCUT2D eigenvalue weighted by Gasteiger charge is -2.09. The first kappa shape index (κ1) is 13.0. The van der Waals surface area contributed by atoms with Crippen molar-refractivity contribution in [3.63, 3.8) is 0 Å². The SMILES string of the molecule is Cc1c(-c2ccc3[nH]c(=O)sc3c2)cccc1-c1ncno1. The fourth-order valence-electron chi connectivity index (χ4n) is 2.58. The molecule has 0 aliphatic heterocycles. The van der Waals surface area contributed by atoms with E-state index in [1.165, 1.54) is 17.7 Å². The molecule has 2 aromatic carbocycles. The van der Waals surface area contributed by atoms with Crippen molar-refractivity contribution in [1.82, 2.24) is 15.1 Å². The number of benzene rings is 2. The fourth-order valence-corrected chi connectivity index (χ4v) is 3.36. The highest BCUT2D eigenvalue weighted by molar-refractivity contribution is 7.16. The van der Waals surface area contributed by atoms with Gasteiger partial charge in [-0.25, -0.2) is 0 Å². The van der Waals surface area contributed by atoms with Crippen LogP contribution in [0.25, 0.3) is 32.8 Å². The first-order chi connectivity index (χ1) is 10.7. The van der Waals surface area contributed by atoms with Crippen LogP contribution in [-0.4, -0.2) is 15.1 Å². The van der Waals surface area contributed by atoms with Gasteiger partial charge in [0.05, 0.1) is 10.2 Å². The van der Waals surface area contributed by atoms with E-state index >= 15 is 0 Å². The van der Waals surface area contributed by atoms with Gasteiger partial charge in [-0.05, 0) is 41.8 Å². The van der Waals surface area contributed by atoms with Crippen molar-refractivity contribution in [3.05, 3.63) is 58.0 Å². The van der Waals surface area contributed by atoms with E-state index in [1.807, 2.05) is 43.3 Å². The molecular weight excluding hydrogens is 298 g/mol. The summed E-state index contributed by atoms with van der Waals surface area (Å²) in [5.74, 6) is 0.506. The monoisotopic (exact) mass is 309 g/mol. The number of rotatable bonds is 2. The molecule has 2 heterocycles.